The molecule has 0 spiro atoms. The molecule has 0 radical (unpaired) electrons. The van der Waals surface area contributed by atoms with Crippen molar-refractivity contribution < 1.29 is 9.53 Å². The topological polar surface area (TPSA) is 87.6 Å². The van der Waals surface area contributed by atoms with Crippen molar-refractivity contribution in [3.05, 3.63) is 45.9 Å². The van der Waals surface area contributed by atoms with Crippen LogP contribution in [0.1, 0.15) is 23.2 Å². The number of guanidine groups is 1. The predicted molar refractivity (Wildman–Crippen MR) is 106 cm³/mol. The van der Waals surface area contributed by atoms with Crippen LogP contribution in [0.15, 0.2) is 34.6 Å². The fraction of sp³-hybridized carbons (Fsp3) is 0.389. The first-order valence-electron chi connectivity index (χ1n) is 8.47. The molecule has 1 heterocycles. The van der Waals surface area contributed by atoms with E-state index < -0.39 is 6.09 Å². The first kappa shape index (κ1) is 19.7. The van der Waals surface area contributed by atoms with Crippen molar-refractivity contribution in [1.29, 1.82) is 0 Å². The first-order valence-corrected chi connectivity index (χ1v) is 9.35. The molecule has 0 aliphatic carbocycles. The molecule has 0 fully saturated rings. The number of carbonyl (C=O) groups is 1. The van der Waals surface area contributed by atoms with Crippen molar-refractivity contribution >= 4 is 29.1 Å². The standard InChI is InChI=1S/C18H25N5O2S/c1-4-19-17(20-10-9-16-12-26-13(2)22-16)21-11-14-5-7-15(8-6-14)23-18(24)25-3/h5-8,12H,4,9-11H2,1-3H3,(H,23,24)(H2,19,20,21). The van der Waals surface area contributed by atoms with Crippen LogP contribution in [0.4, 0.5) is 10.5 Å². The highest BCUT2D eigenvalue weighted by Gasteiger charge is 2.02. The van der Waals surface area contributed by atoms with E-state index >= 15 is 0 Å². The van der Waals surface area contributed by atoms with Gasteiger partial charge in [0.25, 0.3) is 0 Å². The van der Waals surface area contributed by atoms with E-state index in [1.165, 1.54) is 7.11 Å². The van der Waals surface area contributed by atoms with Crippen molar-refractivity contribution in [2.24, 2.45) is 4.99 Å². The first-order chi connectivity index (χ1) is 12.6. The summed E-state index contributed by atoms with van der Waals surface area (Å²) in [4.78, 5) is 20.2. The van der Waals surface area contributed by atoms with Crippen molar-refractivity contribution in [3.63, 3.8) is 0 Å². The minimum Gasteiger partial charge on any atom is -0.453 e. The van der Waals surface area contributed by atoms with Gasteiger partial charge in [-0.15, -0.1) is 11.3 Å². The van der Waals surface area contributed by atoms with Gasteiger partial charge < -0.3 is 15.4 Å². The molecule has 3 N–H and O–H groups in total. The number of hydrogen-bond donors (Lipinski definition) is 3. The van der Waals surface area contributed by atoms with Gasteiger partial charge in [0.1, 0.15) is 0 Å². The molecular weight excluding hydrogens is 350 g/mol. The zero-order valence-electron chi connectivity index (χ0n) is 15.3. The number of aromatic nitrogens is 1. The Bertz CT molecular complexity index is 727. The molecule has 0 aliphatic heterocycles. The van der Waals surface area contributed by atoms with E-state index in [-0.39, 0.29) is 0 Å². The van der Waals surface area contributed by atoms with Crippen LogP contribution < -0.4 is 16.0 Å². The fourth-order valence-corrected chi connectivity index (χ4v) is 2.85. The molecule has 140 valence electrons. The number of amides is 1. The Morgan fingerprint density at radius 2 is 2.04 bits per heavy atom. The highest BCUT2D eigenvalue weighted by molar-refractivity contribution is 7.09. The highest BCUT2D eigenvalue weighted by atomic mass is 32.1. The van der Waals surface area contributed by atoms with Crippen molar-refractivity contribution in [1.82, 2.24) is 15.6 Å². The Morgan fingerprint density at radius 1 is 1.27 bits per heavy atom. The molecular formula is C18H25N5O2S. The van der Waals surface area contributed by atoms with Crippen molar-refractivity contribution in [2.45, 2.75) is 26.8 Å². The molecule has 1 aromatic heterocycles. The SMILES string of the molecule is CCNC(=NCc1ccc(NC(=O)OC)cc1)NCCc1csc(C)n1. The highest BCUT2D eigenvalue weighted by Crippen LogP contribution is 2.11. The lowest BCUT2D eigenvalue weighted by atomic mass is 10.2. The number of rotatable bonds is 7. The third kappa shape index (κ3) is 6.72. The van der Waals surface area contributed by atoms with Crippen LogP contribution in [0.3, 0.4) is 0 Å². The second-order valence-corrected chi connectivity index (χ2v) is 6.61. The lowest BCUT2D eigenvalue weighted by Gasteiger charge is -2.11. The van der Waals surface area contributed by atoms with Gasteiger partial charge in [-0.3, -0.25) is 5.32 Å². The molecule has 0 aliphatic rings. The van der Waals surface area contributed by atoms with Gasteiger partial charge in [0.05, 0.1) is 24.4 Å². The number of benzene rings is 1. The zero-order valence-corrected chi connectivity index (χ0v) is 16.2. The number of methoxy groups -OCH3 is 1. The maximum Gasteiger partial charge on any atom is 0.411 e. The van der Waals surface area contributed by atoms with Gasteiger partial charge in [-0.05, 0) is 31.5 Å². The molecule has 8 heteroatoms. The monoisotopic (exact) mass is 375 g/mol. The van der Waals surface area contributed by atoms with E-state index in [2.05, 4.69) is 36.0 Å². The Labute approximate surface area is 157 Å². The molecule has 2 rings (SSSR count). The minimum atomic E-state index is -0.482. The van der Waals surface area contributed by atoms with Crippen LogP contribution >= 0.6 is 11.3 Å². The molecule has 0 saturated carbocycles. The number of aryl methyl sites for hydroxylation is 1. The normalized spacial score (nSPS) is 11.1. The number of carbonyl (C=O) groups excluding carboxylic acids is 1. The predicted octanol–water partition coefficient (Wildman–Crippen LogP) is 2.93. The molecule has 2 aromatic rings. The van der Waals surface area contributed by atoms with Crippen LogP contribution in [-0.4, -0.2) is 37.2 Å². The summed E-state index contributed by atoms with van der Waals surface area (Å²) >= 11 is 1.67. The minimum absolute atomic E-state index is 0.482. The van der Waals surface area contributed by atoms with Gasteiger partial charge >= 0.3 is 6.09 Å². The van der Waals surface area contributed by atoms with Crippen LogP contribution in [0.25, 0.3) is 0 Å². The summed E-state index contributed by atoms with van der Waals surface area (Å²) in [6.45, 7) is 6.16. The lowest BCUT2D eigenvalue weighted by molar-refractivity contribution is 0.187. The second-order valence-electron chi connectivity index (χ2n) is 5.54. The average Bonchev–Trinajstić information content (AvgIpc) is 3.06. The average molecular weight is 375 g/mol. The van der Waals surface area contributed by atoms with Gasteiger partial charge in [0, 0.05) is 30.6 Å². The molecule has 0 unspecified atom stereocenters. The number of ether oxygens (including phenoxy) is 1. The largest absolute Gasteiger partial charge is 0.453 e. The van der Waals surface area contributed by atoms with Crippen LogP contribution in [0, 0.1) is 6.92 Å². The van der Waals surface area contributed by atoms with Crippen LogP contribution in [0.5, 0.6) is 0 Å². The summed E-state index contributed by atoms with van der Waals surface area (Å²) in [5, 5.41) is 12.4. The van der Waals surface area contributed by atoms with Crippen LogP contribution in [0.2, 0.25) is 0 Å². The van der Waals surface area contributed by atoms with Crippen molar-refractivity contribution in [3.8, 4) is 0 Å². The molecule has 0 saturated heterocycles. The van der Waals surface area contributed by atoms with Crippen LogP contribution in [-0.2, 0) is 17.7 Å². The summed E-state index contributed by atoms with van der Waals surface area (Å²) in [5.41, 5.74) is 2.84. The molecule has 26 heavy (non-hydrogen) atoms. The van der Waals surface area contributed by atoms with Gasteiger partial charge in [0.15, 0.2) is 5.96 Å². The van der Waals surface area contributed by atoms with E-state index in [0.717, 1.165) is 41.7 Å². The zero-order chi connectivity index (χ0) is 18.8. The molecule has 1 amide bonds. The molecule has 1 aromatic carbocycles. The summed E-state index contributed by atoms with van der Waals surface area (Å²) in [7, 11) is 1.34. The van der Waals surface area contributed by atoms with Crippen molar-refractivity contribution in [2.75, 3.05) is 25.5 Å². The van der Waals surface area contributed by atoms with Gasteiger partial charge in [-0.2, -0.15) is 0 Å². The summed E-state index contributed by atoms with van der Waals surface area (Å²) < 4.78 is 4.57. The molecule has 7 nitrogen and oxygen atoms in total. The maximum absolute atomic E-state index is 11.2. The van der Waals surface area contributed by atoms with Gasteiger partial charge in [-0.25, -0.2) is 14.8 Å². The number of thiazole rings is 1. The van der Waals surface area contributed by atoms with E-state index in [9.17, 15) is 4.79 Å². The third-order valence-corrected chi connectivity index (χ3v) is 4.31. The number of aliphatic imine (C=N–C) groups is 1. The quantitative estimate of drug-likeness (QED) is 0.512. The Hall–Kier alpha value is -2.61. The summed E-state index contributed by atoms with van der Waals surface area (Å²) in [6, 6.07) is 7.51. The maximum atomic E-state index is 11.2. The second kappa shape index (κ2) is 10.4. The molecule has 0 atom stereocenters. The number of nitrogens with zero attached hydrogens (tertiary/aromatic N) is 2. The number of hydrogen-bond acceptors (Lipinski definition) is 5. The van der Waals surface area contributed by atoms with E-state index in [1.54, 1.807) is 11.3 Å². The van der Waals surface area contributed by atoms with E-state index in [4.69, 9.17) is 0 Å². The Kier molecular flexibility index (Phi) is 7.88. The van der Waals surface area contributed by atoms with E-state index in [0.29, 0.717) is 12.2 Å². The number of nitrogens with one attached hydrogen (secondary N) is 3. The van der Waals surface area contributed by atoms with Gasteiger partial charge in [0.2, 0.25) is 0 Å². The molecule has 0 bridgehead atoms. The van der Waals surface area contributed by atoms with E-state index in [1.807, 2.05) is 38.1 Å². The smallest absolute Gasteiger partial charge is 0.411 e. The Balaban J connectivity index is 1.86. The summed E-state index contributed by atoms with van der Waals surface area (Å²) in [6.07, 6.45) is 0.382. The Morgan fingerprint density at radius 3 is 2.65 bits per heavy atom. The lowest BCUT2D eigenvalue weighted by Crippen LogP contribution is -2.38. The number of anilines is 1. The summed E-state index contributed by atoms with van der Waals surface area (Å²) in [5.74, 6) is 0.774. The fourth-order valence-electron chi connectivity index (χ4n) is 2.21. The van der Waals surface area contributed by atoms with Gasteiger partial charge in [-0.1, -0.05) is 12.1 Å². The third-order valence-electron chi connectivity index (χ3n) is 3.49.